The summed E-state index contributed by atoms with van der Waals surface area (Å²) in [4.78, 5) is 28.6. The van der Waals surface area contributed by atoms with Crippen LogP contribution in [0.1, 0.15) is 55.6 Å². The standard InChI is InChI=1S/C35H37FN6O2/c1-22(36)33(43)42-16-15-40(20-26(42)9-12-37)32-28-8-7-23(27-6-2-5-24-17-25-18-29(25)31(24)27)19-30(28)38-34(39-32)44-21-35-10-3-13-41(35)14-4-11-35/h2,5-8,19,25-26,29H,1,3-4,9-11,13-18,20-21H2/t25-,26+,29+/m1/s1. The number of fused-ring (bicyclic) bond motifs is 5. The highest BCUT2D eigenvalue weighted by Crippen LogP contribution is 2.58. The molecule has 4 fully saturated rings. The SMILES string of the molecule is C=C(F)C(=O)N1CCN(c2nc(OCC34CCCN3CCC4)nc3cc(-c4cccc5c4[C@H]4C[C@H]4C5)ccc23)C[C@@H]1CC#N. The zero-order valence-corrected chi connectivity index (χ0v) is 25.0. The van der Waals surface area contributed by atoms with E-state index < -0.39 is 17.8 Å². The van der Waals surface area contributed by atoms with Gasteiger partial charge >= 0.3 is 6.01 Å². The second kappa shape index (κ2) is 10.6. The Hall–Kier alpha value is -4.03. The number of amides is 1. The van der Waals surface area contributed by atoms with Gasteiger partial charge in [-0.1, -0.05) is 30.8 Å². The summed E-state index contributed by atoms with van der Waals surface area (Å²) in [5, 5.41) is 10.4. The topological polar surface area (TPSA) is 85.6 Å². The van der Waals surface area contributed by atoms with E-state index in [1.165, 1.54) is 47.3 Å². The average molecular weight is 593 g/mol. The first kappa shape index (κ1) is 27.5. The first-order valence-corrected chi connectivity index (χ1v) is 16.0. The molecule has 0 radical (unpaired) electrons. The Bertz CT molecular complexity index is 1710. The number of nitrogens with zero attached hydrogens (tertiary/aromatic N) is 6. The van der Waals surface area contributed by atoms with Gasteiger partial charge in [-0.25, -0.2) is 4.39 Å². The zero-order valence-electron chi connectivity index (χ0n) is 25.0. The lowest BCUT2D eigenvalue weighted by atomic mass is 9.94. The van der Waals surface area contributed by atoms with E-state index >= 15 is 0 Å². The molecule has 9 heteroatoms. The van der Waals surface area contributed by atoms with Gasteiger partial charge < -0.3 is 14.5 Å². The Morgan fingerprint density at radius 3 is 2.77 bits per heavy atom. The van der Waals surface area contributed by atoms with Gasteiger partial charge in [0.1, 0.15) is 12.4 Å². The molecule has 0 bridgehead atoms. The van der Waals surface area contributed by atoms with Crippen LogP contribution in [-0.4, -0.2) is 76.6 Å². The third-order valence-corrected chi connectivity index (χ3v) is 10.8. The molecular weight excluding hydrogens is 555 g/mol. The van der Waals surface area contributed by atoms with Crippen LogP contribution in [0.5, 0.6) is 6.01 Å². The number of benzene rings is 2. The summed E-state index contributed by atoms with van der Waals surface area (Å²) in [7, 11) is 0. The fourth-order valence-electron chi connectivity index (χ4n) is 8.57. The lowest BCUT2D eigenvalue weighted by molar-refractivity contribution is -0.131. The van der Waals surface area contributed by atoms with Gasteiger partial charge in [-0.3, -0.25) is 9.69 Å². The summed E-state index contributed by atoms with van der Waals surface area (Å²) >= 11 is 0. The highest BCUT2D eigenvalue weighted by Gasteiger charge is 2.47. The largest absolute Gasteiger partial charge is 0.461 e. The van der Waals surface area contributed by atoms with Gasteiger partial charge in [0.15, 0.2) is 5.83 Å². The van der Waals surface area contributed by atoms with E-state index in [1.807, 2.05) is 0 Å². The van der Waals surface area contributed by atoms with Gasteiger partial charge in [-0.15, -0.1) is 0 Å². The Morgan fingerprint density at radius 1 is 1.14 bits per heavy atom. The molecule has 8 nitrogen and oxygen atoms in total. The van der Waals surface area contributed by atoms with Crippen LogP contribution in [0.3, 0.4) is 0 Å². The maximum Gasteiger partial charge on any atom is 0.319 e. The van der Waals surface area contributed by atoms with Crippen molar-refractivity contribution in [2.45, 2.75) is 62.4 Å². The second-order valence-electron chi connectivity index (χ2n) is 13.3. The van der Waals surface area contributed by atoms with Gasteiger partial charge in [0, 0.05) is 25.0 Å². The molecule has 226 valence electrons. The molecule has 4 heterocycles. The van der Waals surface area contributed by atoms with Crippen molar-refractivity contribution >= 4 is 22.6 Å². The molecule has 0 unspecified atom stereocenters. The maximum absolute atomic E-state index is 13.8. The van der Waals surface area contributed by atoms with E-state index in [2.05, 4.69) is 58.8 Å². The number of nitriles is 1. The van der Waals surface area contributed by atoms with Gasteiger partial charge in [0.2, 0.25) is 0 Å². The number of rotatable bonds is 7. The van der Waals surface area contributed by atoms with Crippen molar-refractivity contribution < 1.29 is 13.9 Å². The van der Waals surface area contributed by atoms with Crippen molar-refractivity contribution in [2.24, 2.45) is 5.92 Å². The monoisotopic (exact) mass is 592 g/mol. The summed E-state index contributed by atoms with van der Waals surface area (Å²) in [5.74, 6) is 0.435. The van der Waals surface area contributed by atoms with Crippen LogP contribution < -0.4 is 9.64 Å². The fourth-order valence-corrected chi connectivity index (χ4v) is 8.57. The molecule has 0 N–H and O–H groups in total. The fraction of sp³-hybridized carbons (Fsp3) is 0.486. The third-order valence-electron chi connectivity index (χ3n) is 10.8. The zero-order chi connectivity index (χ0) is 30.0. The molecule has 3 atom stereocenters. The number of piperazine rings is 1. The van der Waals surface area contributed by atoms with E-state index in [9.17, 15) is 14.4 Å². The molecule has 3 aromatic rings. The molecule has 3 saturated heterocycles. The predicted octanol–water partition coefficient (Wildman–Crippen LogP) is 5.38. The first-order chi connectivity index (χ1) is 21.4. The number of aromatic nitrogens is 2. The number of ether oxygens (including phenoxy) is 1. The van der Waals surface area contributed by atoms with Crippen molar-refractivity contribution in [3.05, 3.63) is 59.9 Å². The quantitative estimate of drug-likeness (QED) is 0.341. The van der Waals surface area contributed by atoms with Crippen LogP contribution in [0.2, 0.25) is 0 Å². The first-order valence-electron chi connectivity index (χ1n) is 16.0. The van der Waals surface area contributed by atoms with Gasteiger partial charge in [0.25, 0.3) is 5.91 Å². The predicted molar refractivity (Wildman–Crippen MR) is 166 cm³/mol. The number of anilines is 1. The summed E-state index contributed by atoms with van der Waals surface area (Å²) in [6.07, 6.45) is 7.19. The minimum Gasteiger partial charge on any atom is -0.461 e. The van der Waals surface area contributed by atoms with Crippen LogP contribution >= 0.6 is 0 Å². The number of hydrogen-bond donors (Lipinski definition) is 0. The number of hydrogen-bond acceptors (Lipinski definition) is 7. The average Bonchev–Trinajstić information content (AvgIpc) is 3.32. The molecule has 2 aliphatic carbocycles. The van der Waals surface area contributed by atoms with Crippen LogP contribution in [0, 0.1) is 17.2 Å². The summed E-state index contributed by atoms with van der Waals surface area (Å²) in [6, 6.07) is 15.1. The number of halogens is 1. The smallest absolute Gasteiger partial charge is 0.319 e. The van der Waals surface area contributed by atoms with Crippen LogP contribution in [0.4, 0.5) is 10.2 Å². The van der Waals surface area contributed by atoms with Crippen LogP contribution in [0.15, 0.2) is 48.8 Å². The van der Waals surface area contributed by atoms with E-state index in [0.717, 1.165) is 54.1 Å². The van der Waals surface area contributed by atoms with Crippen LogP contribution in [-0.2, 0) is 11.2 Å². The Kier molecular flexibility index (Phi) is 6.60. The molecule has 1 aromatic heterocycles. The van der Waals surface area contributed by atoms with E-state index in [1.54, 1.807) is 0 Å². The van der Waals surface area contributed by atoms with Crippen molar-refractivity contribution in [3.8, 4) is 23.2 Å². The molecule has 5 aliphatic rings. The van der Waals surface area contributed by atoms with Crippen molar-refractivity contribution in [1.29, 1.82) is 5.26 Å². The van der Waals surface area contributed by atoms with Crippen molar-refractivity contribution in [3.63, 3.8) is 0 Å². The highest BCUT2D eigenvalue weighted by molar-refractivity contribution is 5.94. The third kappa shape index (κ3) is 4.54. The summed E-state index contributed by atoms with van der Waals surface area (Å²) in [6.45, 7) is 7.06. The molecule has 8 rings (SSSR count). The van der Waals surface area contributed by atoms with Crippen molar-refractivity contribution in [1.82, 2.24) is 19.8 Å². The summed E-state index contributed by atoms with van der Waals surface area (Å²) in [5.41, 5.74) is 6.28. The van der Waals surface area contributed by atoms with Gasteiger partial charge in [-0.05, 0) is 97.8 Å². The van der Waals surface area contributed by atoms with Gasteiger partial charge in [0.05, 0.1) is 29.6 Å². The molecule has 3 aliphatic heterocycles. The van der Waals surface area contributed by atoms with E-state index in [-0.39, 0.29) is 18.5 Å². The lowest BCUT2D eigenvalue weighted by Gasteiger charge is -2.41. The Balaban J connectivity index is 1.17. The normalized spacial score (nSPS) is 25.0. The Labute approximate surface area is 257 Å². The molecule has 2 aromatic carbocycles. The minimum absolute atomic E-state index is 0.0599. The molecular formula is C35H37FN6O2. The van der Waals surface area contributed by atoms with E-state index in [0.29, 0.717) is 31.6 Å². The highest BCUT2D eigenvalue weighted by atomic mass is 19.1. The second-order valence-corrected chi connectivity index (χ2v) is 13.3. The molecule has 0 spiro atoms. The van der Waals surface area contributed by atoms with Gasteiger partial charge in [-0.2, -0.15) is 15.2 Å². The Morgan fingerprint density at radius 2 is 1.98 bits per heavy atom. The van der Waals surface area contributed by atoms with E-state index in [4.69, 9.17) is 14.7 Å². The summed E-state index contributed by atoms with van der Waals surface area (Å²) < 4.78 is 20.3. The molecule has 44 heavy (non-hydrogen) atoms. The van der Waals surface area contributed by atoms with Crippen molar-refractivity contribution in [2.75, 3.05) is 44.2 Å². The minimum atomic E-state index is -1.01. The lowest BCUT2D eigenvalue weighted by Crippen LogP contribution is -2.55. The number of carbonyl (C=O) groups excluding carboxylic acids is 1. The molecule has 1 amide bonds. The number of carbonyl (C=O) groups is 1. The maximum atomic E-state index is 13.8. The van der Waals surface area contributed by atoms with Crippen LogP contribution in [0.25, 0.3) is 22.0 Å². The molecule has 1 saturated carbocycles.